The van der Waals surface area contributed by atoms with Gasteiger partial charge in [-0.3, -0.25) is 4.79 Å². The number of nitrogens with one attached hydrogen (secondary N) is 2. The summed E-state index contributed by atoms with van der Waals surface area (Å²) >= 11 is 0. The number of carbonyl (C=O) groups is 1. The summed E-state index contributed by atoms with van der Waals surface area (Å²) in [6.45, 7) is 7.60. The molecule has 0 saturated heterocycles. The van der Waals surface area contributed by atoms with Crippen molar-refractivity contribution in [3.8, 4) is 0 Å². The second-order valence-electron chi connectivity index (χ2n) is 5.76. The molecule has 2 N–H and O–H groups in total. The Balaban J connectivity index is 1.91. The first-order valence-electron chi connectivity index (χ1n) is 7.09. The molecule has 0 bridgehead atoms. The van der Waals surface area contributed by atoms with Gasteiger partial charge in [-0.25, -0.2) is 4.98 Å². The Labute approximate surface area is 114 Å². The summed E-state index contributed by atoms with van der Waals surface area (Å²) in [4.78, 5) is 16.2. The van der Waals surface area contributed by atoms with Crippen LogP contribution >= 0.6 is 0 Å². The molecule has 5 nitrogen and oxygen atoms in total. The average molecular weight is 264 g/mol. The van der Waals surface area contributed by atoms with E-state index in [0.29, 0.717) is 18.5 Å². The molecule has 1 atom stereocenters. The molecule has 0 aromatic carbocycles. The molecule has 19 heavy (non-hydrogen) atoms. The number of nitrogens with zero attached hydrogens (tertiary/aromatic N) is 2. The lowest BCUT2D eigenvalue weighted by Gasteiger charge is -2.17. The van der Waals surface area contributed by atoms with Crippen LogP contribution < -0.4 is 10.6 Å². The summed E-state index contributed by atoms with van der Waals surface area (Å²) in [5.41, 5.74) is 1.07. The van der Waals surface area contributed by atoms with Crippen LogP contribution in [0.4, 0.5) is 0 Å². The Morgan fingerprint density at radius 1 is 1.47 bits per heavy atom. The Bertz CT molecular complexity index is 423. The molecule has 1 aliphatic carbocycles. The fraction of sp³-hybridized carbons (Fsp3) is 0.714. The van der Waals surface area contributed by atoms with E-state index in [9.17, 15) is 4.79 Å². The number of rotatable bonds is 7. The maximum atomic E-state index is 12.1. The van der Waals surface area contributed by atoms with Crippen LogP contribution in [-0.2, 0) is 11.3 Å². The maximum absolute atomic E-state index is 12.1. The van der Waals surface area contributed by atoms with Crippen LogP contribution in [0.25, 0.3) is 0 Å². The number of hydrogen-bond donors (Lipinski definition) is 2. The molecule has 1 heterocycles. The van der Waals surface area contributed by atoms with Crippen molar-refractivity contribution in [2.45, 2.75) is 52.2 Å². The summed E-state index contributed by atoms with van der Waals surface area (Å²) in [5.74, 6) is 0.523. The lowest BCUT2D eigenvalue weighted by Crippen LogP contribution is -2.34. The molecule has 1 fully saturated rings. The molecule has 106 valence electrons. The SMILES string of the molecule is CC(C)CNC(=O)C(C)n1cncc1CNC1CC1. The van der Waals surface area contributed by atoms with Gasteiger partial charge in [-0.15, -0.1) is 0 Å². The molecule has 5 heteroatoms. The van der Waals surface area contributed by atoms with Crippen LogP contribution in [0, 0.1) is 5.92 Å². The number of aromatic nitrogens is 2. The molecule has 0 radical (unpaired) electrons. The van der Waals surface area contributed by atoms with Crippen molar-refractivity contribution >= 4 is 5.91 Å². The number of hydrogen-bond acceptors (Lipinski definition) is 3. The van der Waals surface area contributed by atoms with Gasteiger partial charge in [0.05, 0.1) is 12.0 Å². The van der Waals surface area contributed by atoms with Crippen molar-refractivity contribution in [3.63, 3.8) is 0 Å². The first-order chi connectivity index (χ1) is 9.08. The van der Waals surface area contributed by atoms with Crippen molar-refractivity contribution in [2.24, 2.45) is 5.92 Å². The molecule has 1 aromatic rings. The summed E-state index contributed by atoms with van der Waals surface area (Å²) in [5, 5.41) is 6.42. The second kappa shape index (κ2) is 6.19. The van der Waals surface area contributed by atoms with Gasteiger partial charge in [0.2, 0.25) is 5.91 Å². The highest BCUT2D eigenvalue weighted by molar-refractivity contribution is 5.79. The first kappa shape index (κ1) is 14.1. The van der Waals surface area contributed by atoms with Crippen LogP contribution in [0.1, 0.15) is 45.3 Å². The van der Waals surface area contributed by atoms with Crippen molar-refractivity contribution in [1.29, 1.82) is 0 Å². The summed E-state index contributed by atoms with van der Waals surface area (Å²) < 4.78 is 1.95. The monoisotopic (exact) mass is 264 g/mol. The van der Waals surface area contributed by atoms with Gasteiger partial charge >= 0.3 is 0 Å². The largest absolute Gasteiger partial charge is 0.354 e. The van der Waals surface area contributed by atoms with Gasteiger partial charge in [-0.1, -0.05) is 13.8 Å². The van der Waals surface area contributed by atoms with Crippen molar-refractivity contribution < 1.29 is 4.79 Å². The van der Waals surface area contributed by atoms with Crippen molar-refractivity contribution in [1.82, 2.24) is 20.2 Å². The lowest BCUT2D eigenvalue weighted by atomic mass is 10.2. The molecule has 0 aliphatic heterocycles. The van der Waals surface area contributed by atoms with Gasteiger partial charge in [-0.2, -0.15) is 0 Å². The maximum Gasteiger partial charge on any atom is 0.242 e. The third-order valence-corrected chi connectivity index (χ3v) is 3.38. The molecular weight excluding hydrogens is 240 g/mol. The zero-order chi connectivity index (χ0) is 13.8. The van der Waals surface area contributed by atoms with Crippen LogP contribution in [-0.4, -0.2) is 28.0 Å². The quantitative estimate of drug-likeness (QED) is 0.784. The van der Waals surface area contributed by atoms with E-state index in [4.69, 9.17) is 0 Å². The summed E-state index contributed by atoms with van der Waals surface area (Å²) in [7, 11) is 0. The average Bonchev–Trinajstić information content (AvgIpc) is 3.09. The smallest absolute Gasteiger partial charge is 0.242 e. The zero-order valence-electron chi connectivity index (χ0n) is 12.0. The Kier molecular flexibility index (Phi) is 4.58. The lowest BCUT2D eigenvalue weighted by molar-refractivity contribution is -0.124. The fourth-order valence-corrected chi connectivity index (χ4v) is 1.93. The van der Waals surface area contributed by atoms with Gasteiger partial charge in [0.15, 0.2) is 0 Å². The molecule has 1 amide bonds. The van der Waals surface area contributed by atoms with Gasteiger partial charge < -0.3 is 15.2 Å². The van der Waals surface area contributed by atoms with Crippen LogP contribution in [0.2, 0.25) is 0 Å². The third-order valence-electron chi connectivity index (χ3n) is 3.38. The van der Waals surface area contributed by atoms with Crippen LogP contribution in [0.5, 0.6) is 0 Å². The van der Waals surface area contributed by atoms with E-state index >= 15 is 0 Å². The van der Waals surface area contributed by atoms with Crippen molar-refractivity contribution in [3.05, 3.63) is 18.2 Å². The van der Waals surface area contributed by atoms with Crippen LogP contribution in [0.3, 0.4) is 0 Å². The summed E-state index contributed by atoms with van der Waals surface area (Å²) in [6.07, 6.45) is 6.10. The Morgan fingerprint density at radius 2 is 2.21 bits per heavy atom. The van der Waals surface area contributed by atoms with E-state index in [1.807, 2.05) is 17.7 Å². The zero-order valence-corrected chi connectivity index (χ0v) is 12.0. The normalized spacial score (nSPS) is 16.6. The molecular formula is C14H24N4O. The number of carbonyl (C=O) groups excluding carboxylic acids is 1. The minimum atomic E-state index is -0.211. The molecule has 1 aromatic heterocycles. The van der Waals surface area contributed by atoms with Crippen molar-refractivity contribution in [2.75, 3.05) is 6.54 Å². The molecule has 0 spiro atoms. The standard InChI is InChI=1S/C14H24N4O/c1-10(2)6-17-14(19)11(3)18-9-15-7-13(18)8-16-12-4-5-12/h7,9-12,16H,4-6,8H2,1-3H3,(H,17,19). The topological polar surface area (TPSA) is 59.0 Å². The number of imidazole rings is 1. The highest BCUT2D eigenvalue weighted by atomic mass is 16.2. The fourth-order valence-electron chi connectivity index (χ4n) is 1.93. The van der Waals surface area contributed by atoms with Gasteiger partial charge in [0.25, 0.3) is 0 Å². The Hall–Kier alpha value is -1.36. The predicted molar refractivity (Wildman–Crippen MR) is 74.6 cm³/mol. The van der Waals surface area contributed by atoms with E-state index in [-0.39, 0.29) is 11.9 Å². The Morgan fingerprint density at radius 3 is 2.84 bits per heavy atom. The third kappa shape index (κ3) is 4.06. The highest BCUT2D eigenvalue weighted by Crippen LogP contribution is 2.19. The minimum absolute atomic E-state index is 0.0550. The van der Waals surface area contributed by atoms with E-state index in [1.165, 1.54) is 12.8 Å². The van der Waals surface area contributed by atoms with Crippen LogP contribution in [0.15, 0.2) is 12.5 Å². The first-order valence-corrected chi connectivity index (χ1v) is 7.09. The van der Waals surface area contributed by atoms with Gasteiger partial charge in [0, 0.05) is 25.3 Å². The summed E-state index contributed by atoms with van der Waals surface area (Å²) in [6, 6.07) is 0.450. The van der Waals surface area contributed by atoms with E-state index in [2.05, 4.69) is 29.5 Å². The predicted octanol–water partition coefficient (Wildman–Crippen LogP) is 1.47. The van der Waals surface area contributed by atoms with E-state index in [0.717, 1.165) is 12.2 Å². The van der Waals surface area contributed by atoms with E-state index < -0.39 is 0 Å². The second-order valence-corrected chi connectivity index (χ2v) is 5.76. The molecule has 1 saturated carbocycles. The van der Waals surface area contributed by atoms with Gasteiger partial charge in [0.1, 0.15) is 6.04 Å². The highest BCUT2D eigenvalue weighted by Gasteiger charge is 2.22. The molecule has 1 aliphatic rings. The molecule has 2 rings (SSSR count). The van der Waals surface area contributed by atoms with Gasteiger partial charge in [-0.05, 0) is 25.7 Å². The molecule has 1 unspecified atom stereocenters. The van der Waals surface area contributed by atoms with E-state index in [1.54, 1.807) is 6.33 Å². The minimum Gasteiger partial charge on any atom is -0.354 e. The number of amides is 1.